The molecule has 0 unspecified atom stereocenters. The van der Waals surface area contributed by atoms with Crippen molar-refractivity contribution in [3.8, 4) is 11.3 Å². The lowest BCUT2D eigenvalue weighted by molar-refractivity contribution is 0.0946. The van der Waals surface area contributed by atoms with Gasteiger partial charge in [-0.25, -0.2) is 8.78 Å². The van der Waals surface area contributed by atoms with Crippen LogP contribution in [0.5, 0.6) is 0 Å². The standard InChI is InChI=1S/C18H13F2N3OS/c19-14-10-12(16-6-3-4-8-21-16)9-13(11-14)18(24)22-23-25-17-7-2-1-5-15(17)20/h1-11,23H,(H,22,24). The number of carbonyl (C=O) groups is 1. The van der Waals surface area contributed by atoms with E-state index in [1.165, 1.54) is 18.2 Å². The van der Waals surface area contributed by atoms with Gasteiger partial charge in [-0.05, 0) is 54.4 Å². The summed E-state index contributed by atoms with van der Waals surface area (Å²) in [6.07, 6.45) is 1.59. The average Bonchev–Trinajstić information content (AvgIpc) is 2.63. The summed E-state index contributed by atoms with van der Waals surface area (Å²) in [4.78, 5) is 19.2. The third kappa shape index (κ3) is 4.40. The fraction of sp³-hybridized carbons (Fsp3) is 0. The Morgan fingerprint density at radius 3 is 2.56 bits per heavy atom. The van der Waals surface area contributed by atoms with Crippen LogP contribution in [0.25, 0.3) is 11.3 Å². The Bertz CT molecular complexity index is 890. The van der Waals surface area contributed by atoms with E-state index in [-0.39, 0.29) is 5.56 Å². The summed E-state index contributed by atoms with van der Waals surface area (Å²) in [5.41, 5.74) is 3.58. The number of hydrogen-bond donors (Lipinski definition) is 2. The van der Waals surface area contributed by atoms with Crippen molar-refractivity contribution in [1.29, 1.82) is 0 Å². The first-order valence-electron chi connectivity index (χ1n) is 7.32. The molecule has 0 atom stereocenters. The van der Waals surface area contributed by atoms with E-state index in [9.17, 15) is 13.6 Å². The predicted octanol–water partition coefficient (Wildman–Crippen LogP) is 3.97. The number of carbonyl (C=O) groups excluding carboxylic acids is 1. The Morgan fingerprint density at radius 2 is 1.80 bits per heavy atom. The molecule has 1 amide bonds. The van der Waals surface area contributed by atoms with Gasteiger partial charge in [0.2, 0.25) is 0 Å². The lowest BCUT2D eigenvalue weighted by atomic mass is 10.1. The molecule has 0 radical (unpaired) electrons. The first kappa shape index (κ1) is 17.1. The van der Waals surface area contributed by atoms with Gasteiger partial charge in [-0.3, -0.25) is 15.2 Å². The molecule has 126 valence electrons. The number of pyridine rings is 1. The van der Waals surface area contributed by atoms with E-state index >= 15 is 0 Å². The second-order valence-electron chi connectivity index (χ2n) is 5.03. The quantitative estimate of drug-likeness (QED) is 0.536. The van der Waals surface area contributed by atoms with Crippen molar-refractivity contribution < 1.29 is 13.6 Å². The molecule has 0 aliphatic carbocycles. The van der Waals surface area contributed by atoms with Crippen molar-refractivity contribution in [2.24, 2.45) is 0 Å². The molecule has 0 saturated heterocycles. The number of halogens is 2. The van der Waals surface area contributed by atoms with Crippen molar-refractivity contribution in [2.45, 2.75) is 4.90 Å². The normalized spacial score (nSPS) is 10.5. The summed E-state index contributed by atoms with van der Waals surface area (Å²) < 4.78 is 27.3. The van der Waals surface area contributed by atoms with Crippen LogP contribution in [0.3, 0.4) is 0 Å². The second-order valence-corrected chi connectivity index (χ2v) is 5.88. The summed E-state index contributed by atoms with van der Waals surface area (Å²) in [5.74, 6) is -1.49. The Morgan fingerprint density at radius 1 is 1.00 bits per heavy atom. The Labute approximate surface area is 147 Å². The van der Waals surface area contributed by atoms with Crippen LogP contribution in [0.15, 0.2) is 71.8 Å². The van der Waals surface area contributed by atoms with E-state index in [0.29, 0.717) is 16.2 Å². The zero-order chi connectivity index (χ0) is 17.6. The second kappa shape index (κ2) is 7.87. The molecule has 3 aromatic rings. The number of hydrogen-bond acceptors (Lipinski definition) is 4. The average molecular weight is 357 g/mol. The summed E-state index contributed by atoms with van der Waals surface area (Å²) in [7, 11) is 0. The van der Waals surface area contributed by atoms with Gasteiger partial charge in [0.1, 0.15) is 11.6 Å². The van der Waals surface area contributed by atoms with Crippen LogP contribution in [-0.4, -0.2) is 10.9 Å². The van der Waals surface area contributed by atoms with Crippen molar-refractivity contribution in [1.82, 2.24) is 15.2 Å². The van der Waals surface area contributed by atoms with Crippen LogP contribution in [0.4, 0.5) is 8.78 Å². The van der Waals surface area contributed by atoms with Crippen LogP contribution in [0.2, 0.25) is 0 Å². The Balaban J connectivity index is 1.70. The number of nitrogens with one attached hydrogen (secondary N) is 2. The summed E-state index contributed by atoms with van der Waals surface area (Å²) >= 11 is 0.912. The topological polar surface area (TPSA) is 54.0 Å². The van der Waals surface area contributed by atoms with Gasteiger partial charge in [-0.1, -0.05) is 18.2 Å². The molecule has 25 heavy (non-hydrogen) atoms. The fourth-order valence-electron chi connectivity index (χ4n) is 2.13. The Hall–Kier alpha value is -2.77. The lowest BCUT2D eigenvalue weighted by Gasteiger charge is -2.09. The molecule has 0 aliphatic rings. The lowest BCUT2D eigenvalue weighted by Crippen LogP contribution is -2.32. The highest BCUT2D eigenvalue weighted by molar-refractivity contribution is 7.97. The van der Waals surface area contributed by atoms with Crippen LogP contribution < -0.4 is 10.3 Å². The molecule has 7 heteroatoms. The molecule has 1 aromatic heterocycles. The zero-order valence-corrected chi connectivity index (χ0v) is 13.7. The van der Waals surface area contributed by atoms with Crippen LogP contribution in [-0.2, 0) is 0 Å². The number of benzene rings is 2. The third-order valence-electron chi connectivity index (χ3n) is 3.28. The van der Waals surface area contributed by atoms with E-state index in [4.69, 9.17) is 0 Å². The summed E-state index contributed by atoms with van der Waals surface area (Å²) in [6.45, 7) is 0. The summed E-state index contributed by atoms with van der Waals surface area (Å²) in [6, 6.07) is 15.4. The molecule has 0 fully saturated rings. The molecule has 2 N–H and O–H groups in total. The molecule has 0 aliphatic heterocycles. The zero-order valence-electron chi connectivity index (χ0n) is 12.9. The van der Waals surface area contributed by atoms with Crippen molar-refractivity contribution in [3.63, 3.8) is 0 Å². The van der Waals surface area contributed by atoms with Crippen LogP contribution in [0, 0.1) is 11.6 Å². The highest BCUT2D eigenvalue weighted by Gasteiger charge is 2.11. The van der Waals surface area contributed by atoms with E-state index in [0.717, 1.165) is 18.0 Å². The fourth-order valence-corrected chi connectivity index (χ4v) is 2.69. The number of aromatic nitrogens is 1. The van der Waals surface area contributed by atoms with Gasteiger partial charge in [-0.2, -0.15) is 4.83 Å². The molecule has 0 bridgehead atoms. The van der Waals surface area contributed by atoms with Gasteiger partial charge in [0.05, 0.1) is 10.6 Å². The SMILES string of the molecule is O=C(NNSc1ccccc1F)c1cc(F)cc(-c2ccccn2)c1. The minimum absolute atomic E-state index is 0.127. The third-order valence-corrected chi connectivity index (χ3v) is 4.04. The number of amides is 1. The van der Waals surface area contributed by atoms with Crippen molar-refractivity contribution in [3.05, 3.63) is 84.1 Å². The van der Waals surface area contributed by atoms with E-state index in [1.807, 2.05) is 0 Å². The smallest absolute Gasteiger partial charge is 0.266 e. The first-order chi connectivity index (χ1) is 12.1. The van der Waals surface area contributed by atoms with Gasteiger partial charge >= 0.3 is 0 Å². The van der Waals surface area contributed by atoms with Crippen LogP contribution in [0.1, 0.15) is 10.4 Å². The molecule has 3 rings (SSSR count). The first-order valence-corrected chi connectivity index (χ1v) is 8.14. The van der Waals surface area contributed by atoms with Gasteiger partial charge in [0.25, 0.3) is 5.91 Å². The molecule has 0 saturated carbocycles. The number of hydrazine groups is 1. The van der Waals surface area contributed by atoms with E-state index in [1.54, 1.807) is 42.6 Å². The molecule has 1 heterocycles. The molecular formula is C18H13F2N3OS. The highest BCUT2D eigenvalue weighted by Crippen LogP contribution is 2.20. The molecule has 0 spiro atoms. The highest BCUT2D eigenvalue weighted by atomic mass is 32.2. The molecular weight excluding hydrogens is 344 g/mol. The number of nitrogens with zero attached hydrogens (tertiary/aromatic N) is 1. The monoisotopic (exact) mass is 357 g/mol. The van der Waals surface area contributed by atoms with Gasteiger partial charge in [0, 0.05) is 17.3 Å². The van der Waals surface area contributed by atoms with Gasteiger partial charge < -0.3 is 0 Å². The number of rotatable bonds is 5. The molecule has 2 aromatic carbocycles. The minimum Gasteiger partial charge on any atom is -0.277 e. The maximum absolute atomic E-state index is 13.8. The maximum atomic E-state index is 13.8. The minimum atomic E-state index is -0.546. The summed E-state index contributed by atoms with van der Waals surface area (Å²) in [5, 5.41) is 0. The van der Waals surface area contributed by atoms with Crippen LogP contribution >= 0.6 is 11.9 Å². The van der Waals surface area contributed by atoms with Crippen molar-refractivity contribution >= 4 is 17.9 Å². The van der Waals surface area contributed by atoms with E-state index in [2.05, 4.69) is 15.2 Å². The van der Waals surface area contributed by atoms with Gasteiger partial charge in [0.15, 0.2) is 0 Å². The van der Waals surface area contributed by atoms with Crippen molar-refractivity contribution in [2.75, 3.05) is 0 Å². The molecule has 4 nitrogen and oxygen atoms in total. The predicted molar refractivity (Wildman–Crippen MR) is 92.5 cm³/mol. The Kier molecular flexibility index (Phi) is 5.37. The maximum Gasteiger partial charge on any atom is 0.266 e. The largest absolute Gasteiger partial charge is 0.277 e. The van der Waals surface area contributed by atoms with E-state index < -0.39 is 17.5 Å². The van der Waals surface area contributed by atoms with Gasteiger partial charge in [-0.15, -0.1) is 0 Å².